The van der Waals surface area contributed by atoms with E-state index in [0.29, 0.717) is 47.1 Å². The second-order valence-electron chi connectivity index (χ2n) is 11.8. The maximum atomic E-state index is 12.5. The Balaban J connectivity index is 1.02. The molecule has 0 aromatic carbocycles. The molecule has 214 valence electrons. The van der Waals surface area contributed by atoms with Gasteiger partial charge in [-0.15, -0.1) is 0 Å². The summed E-state index contributed by atoms with van der Waals surface area (Å²) >= 11 is 0. The Hall–Kier alpha value is -3.23. The maximum Gasteiger partial charge on any atom is 0.323 e. The molecule has 0 radical (unpaired) electrons. The van der Waals surface area contributed by atoms with Gasteiger partial charge in [-0.2, -0.15) is 0 Å². The first-order chi connectivity index (χ1) is 19.0. The van der Waals surface area contributed by atoms with Crippen molar-refractivity contribution in [1.29, 1.82) is 0 Å². The van der Waals surface area contributed by atoms with Crippen LogP contribution < -0.4 is 11.5 Å². The smallest absolute Gasteiger partial charge is 0.323 e. The molecule has 2 atom stereocenters. The summed E-state index contributed by atoms with van der Waals surface area (Å²) in [6.07, 6.45) is 7.72. The number of hydrogen-bond acceptors (Lipinski definition) is 13. The Kier molecular flexibility index (Phi) is 6.35. The molecule has 40 heavy (non-hydrogen) atoms. The topological polar surface area (TPSA) is 193 Å². The van der Waals surface area contributed by atoms with Crippen molar-refractivity contribution in [1.82, 2.24) is 39.0 Å². The maximum absolute atomic E-state index is 12.5. The van der Waals surface area contributed by atoms with Crippen molar-refractivity contribution in [3.8, 4) is 0 Å². The summed E-state index contributed by atoms with van der Waals surface area (Å²) in [5.41, 5.74) is 12.8. The van der Waals surface area contributed by atoms with Crippen molar-refractivity contribution < 1.29 is 23.1 Å². The summed E-state index contributed by atoms with van der Waals surface area (Å²) in [4.78, 5) is 25.2. The zero-order chi connectivity index (χ0) is 28.3. The van der Waals surface area contributed by atoms with Crippen molar-refractivity contribution in [3.63, 3.8) is 0 Å². The SMILES string of the molecule is CC1(C)CC1(Cn1cnc2c(N)ncnc21)OCO[PH](=O)OCOC1(Cn2cnc3c(N)ncnc32)CC1(C)C. The van der Waals surface area contributed by atoms with E-state index in [-0.39, 0.29) is 24.4 Å². The zero-order valence-electron chi connectivity index (χ0n) is 22.8. The lowest BCUT2D eigenvalue weighted by Crippen LogP contribution is -2.28. The van der Waals surface area contributed by atoms with Crippen LogP contribution in [-0.2, 0) is 36.2 Å². The molecular weight excluding hydrogens is 539 g/mol. The average molecular weight is 573 g/mol. The predicted molar refractivity (Wildman–Crippen MR) is 145 cm³/mol. The molecule has 6 rings (SSSR count). The van der Waals surface area contributed by atoms with Crippen LogP contribution in [0, 0.1) is 10.8 Å². The summed E-state index contributed by atoms with van der Waals surface area (Å²) in [5, 5.41) is 0. The number of aromatic nitrogens is 8. The molecule has 0 spiro atoms. The van der Waals surface area contributed by atoms with Crippen LogP contribution in [0.3, 0.4) is 0 Å². The number of nitrogens with zero attached hydrogens (tertiary/aromatic N) is 8. The summed E-state index contributed by atoms with van der Waals surface area (Å²) < 4.78 is 39.3. The van der Waals surface area contributed by atoms with Gasteiger partial charge in [-0.05, 0) is 23.7 Å². The average Bonchev–Trinajstić information content (AvgIpc) is 3.36. The minimum Gasteiger partial charge on any atom is -0.382 e. The van der Waals surface area contributed by atoms with Crippen LogP contribution in [-0.4, -0.2) is 63.8 Å². The number of anilines is 2. The molecule has 2 saturated carbocycles. The molecule has 16 heteroatoms. The van der Waals surface area contributed by atoms with Gasteiger partial charge in [0.15, 0.2) is 36.5 Å². The van der Waals surface area contributed by atoms with Crippen LogP contribution in [0.1, 0.15) is 40.5 Å². The number of fused-ring (bicyclic) bond motifs is 2. The van der Waals surface area contributed by atoms with Crippen LogP contribution in [0.25, 0.3) is 22.3 Å². The lowest BCUT2D eigenvalue weighted by Gasteiger charge is -2.23. The number of nitrogens with two attached hydrogens (primary N) is 2. The normalized spacial score (nSPS) is 25.4. The molecule has 2 aliphatic rings. The Morgan fingerprint density at radius 1 is 0.750 bits per heavy atom. The van der Waals surface area contributed by atoms with Gasteiger partial charge in [-0.25, -0.2) is 29.9 Å². The molecule has 4 aromatic rings. The van der Waals surface area contributed by atoms with Crippen LogP contribution in [0.4, 0.5) is 11.6 Å². The first-order valence-corrected chi connectivity index (χ1v) is 14.1. The van der Waals surface area contributed by atoms with E-state index in [1.54, 1.807) is 12.7 Å². The van der Waals surface area contributed by atoms with E-state index in [9.17, 15) is 4.57 Å². The summed E-state index contributed by atoms with van der Waals surface area (Å²) in [5.74, 6) is 0.645. The monoisotopic (exact) mass is 572 g/mol. The highest BCUT2D eigenvalue weighted by atomic mass is 31.1. The molecule has 0 amide bonds. The van der Waals surface area contributed by atoms with Gasteiger partial charge in [-0.1, -0.05) is 27.7 Å². The number of imidazole rings is 2. The highest BCUT2D eigenvalue weighted by Crippen LogP contribution is 2.60. The largest absolute Gasteiger partial charge is 0.382 e. The third kappa shape index (κ3) is 4.61. The van der Waals surface area contributed by atoms with Crippen LogP contribution in [0.5, 0.6) is 0 Å². The number of ether oxygens (including phenoxy) is 2. The van der Waals surface area contributed by atoms with Gasteiger partial charge in [-0.3, -0.25) is 13.6 Å². The van der Waals surface area contributed by atoms with Gasteiger partial charge in [0.2, 0.25) is 0 Å². The van der Waals surface area contributed by atoms with Crippen molar-refractivity contribution >= 4 is 42.2 Å². The number of rotatable bonds is 12. The molecule has 0 bridgehead atoms. The fourth-order valence-electron chi connectivity index (χ4n) is 5.46. The van der Waals surface area contributed by atoms with Gasteiger partial charge in [0.25, 0.3) is 0 Å². The third-order valence-corrected chi connectivity index (χ3v) is 9.11. The molecular formula is C24H33N10O5P. The van der Waals surface area contributed by atoms with Gasteiger partial charge >= 0.3 is 8.25 Å². The van der Waals surface area contributed by atoms with Crippen LogP contribution in [0.2, 0.25) is 0 Å². The summed E-state index contributed by atoms with van der Waals surface area (Å²) in [7, 11) is -2.87. The summed E-state index contributed by atoms with van der Waals surface area (Å²) in [6, 6.07) is 0. The Morgan fingerprint density at radius 3 is 1.52 bits per heavy atom. The van der Waals surface area contributed by atoms with E-state index in [0.717, 1.165) is 12.8 Å². The lowest BCUT2D eigenvalue weighted by atomic mass is 10.1. The molecule has 4 N–H and O–H groups in total. The van der Waals surface area contributed by atoms with E-state index in [1.165, 1.54) is 12.7 Å². The summed E-state index contributed by atoms with van der Waals surface area (Å²) in [6.45, 7) is 8.99. The van der Waals surface area contributed by atoms with E-state index >= 15 is 0 Å². The Bertz CT molecular complexity index is 1490. The van der Waals surface area contributed by atoms with Crippen molar-refractivity contribution in [2.24, 2.45) is 10.8 Å². The highest BCUT2D eigenvalue weighted by molar-refractivity contribution is 7.33. The van der Waals surface area contributed by atoms with Gasteiger partial charge in [0.05, 0.1) is 36.9 Å². The van der Waals surface area contributed by atoms with Crippen molar-refractivity contribution in [2.45, 2.75) is 64.8 Å². The van der Waals surface area contributed by atoms with Gasteiger partial charge in [0, 0.05) is 0 Å². The van der Waals surface area contributed by atoms with E-state index < -0.39 is 19.5 Å². The minimum absolute atomic E-state index is 0.123. The molecule has 0 aliphatic heterocycles. The van der Waals surface area contributed by atoms with Crippen LogP contribution >= 0.6 is 8.25 Å². The van der Waals surface area contributed by atoms with Gasteiger partial charge < -0.3 is 30.1 Å². The second-order valence-corrected chi connectivity index (χ2v) is 12.9. The van der Waals surface area contributed by atoms with E-state index in [2.05, 4.69) is 57.6 Å². The zero-order valence-corrected chi connectivity index (χ0v) is 23.8. The fourth-order valence-corrected chi connectivity index (χ4v) is 5.86. The van der Waals surface area contributed by atoms with Crippen molar-refractivity contribution in [3.05, 3.63) is 25.3 Å². The molecule has 2 aliphatic carbocycles. The van der Waals surface area contributed by atoms with E-state index in [1.807, 2.05) is 9.13 Å². The first-order valence-electron chi connectivity index (χ1n) is 12.9. The van der Waals surface area contributed by atoms with Gasteiger partial charge in [0.1, 0.15) is 23.7 Å². The first kappa shape index (κ1) is 27.0. The number of nitrogen functional groups attached to an aromatic ring is 2. The standard InChI is InChI=1S/C24H33N10O5P/c1-21(2)5-23(21,7-33-11-31-15-17(25)27-9-29-19(15)33)36-13-38-40(35)39-14-37-24(6-22(24,3)4)8-34-12-32-16-18(26)28-10-30-20(16)34/h9-12,40H,5-8,13-14H2,1-4H3,(H2,25,27,29)(H2,26,28,30). The Labute approximate surface area is 230 Å². The van der Waals surface area contributed by atoms with Crippen LogP contribution in [0.15, 0.2) is 25.3 Å². The second kappa shape index (κ2) is 9.42. The van der Waals surface area contributed by atoms with E-state index in [4.69, 9.17) is 30.0 Å². The Morgan fingerprint density at radius 2 is 1.15 bits per heavy atom. The highest BCUT2D eigenvalue weighted by Gasteiger charge is 2.64. The molecule has 0 saturated heterocycles. The molecule has 2 fully saturated rings. The molecule has 4 heterocycles. The lowest BCUT2D eigenvalue weighted by molar-refractivity contribution is -0.0958. The third-order valence-electron chi connectivity index (χ3n) is 8.41. The number of hydrogen-bond donors (Lipinski definition) is 2. The fraction of sp³-hybridized carbons (Fsp3) is 0.583. The van der Waals surface area contributed by atoms with Crippen molar-refractivity contribution in [2.75, 3.05) is 25.1 Å². The molecule has 2 unspecified atom stereocenters. The predicted octanol–water partition coefficient (Wildman–Crippen LogP) is 2.54. The minimum atomic E-state index is -2.87. The quantitative estimate of drug-likeness (QED) is 0.186. The molecule has 4 aromatic heterocycles. The molecule has 15 nitrogen and oxygen atoms in total.